The number of aromatic hydroxyl groups is 1. The number of amides is 1. The van der Waals surface area contributed by atoms with Crippen LogP contribution in [0.5, 0.6) is 5.75 Å². The summed E-state index contributed by atoms with van der Waals surface area (Å²) in [6, 6.07) is 18.8. The van der Waals surface area contributed by atoms with Gasteiger partial charge in [0, 0.05) is 11.3 Å². The average Bonchev–Trinajstić information content (AvgIpc) is 2.54. The van der Waals surface area contributed by atoms with Gasteiger partial charge in [-0.15, -0.1) is 0 Å². The van der Waals surface area contributed by atoms with Gasteiger partial charge >= 0.3 is 0 Å². The van der Waals surface area contributed by atoms with Gasteiger partial charge in [-0.2, -0.15) is 0 Å². The van der Waals surface area contributed by atoms with Crippen molar-refractivity contribution >= 4 is 22.4 Å². The van der Waals surface area contributed by atoms with E-state index in [1.54, 1.807) is 12.1 Å². The van der Waals surface area contributed by atoms with Crippen LogP contribution in [0, 0.1) is 0 Å². The van der Waals surface area contributed by atoms with Crippen LogP contribution in [-0.4, -0.2) is 11.0 Å². The third-order valence-electron chi connectivity index (χ3n) is 3.95. The third kappa shape index (κ3) is 1.97. The summed E-state index contributed by atoms with van der Waals surface area (Å²) in [6.45, 7) is 0. The van der Waals surface area contributed by atoms with E-state index in [1.807, 2.05) is 48.5 Å². The number of hydrogen-bond acceptors (Lipinski definition) is 3. The fourth-order valence-corrected chi connectivity index (χ4v) is 2.84. The van der Waals surface area contributed by atoms with Crippen molar-refractivity contribution < 1.29 is 9.90 Å². The molecule has 0 radical (unpaired) electrons. The molecule has 1 atom stereocenters. The summed E-state index contributed by atoms with van der Waals surface area (Å²) in [5, 5.41) is 18.4. The topological polar surface area (TPSA) is 61.4 Å². The summed E-state index contributed by atoms with van der Waals surface area (Å²) in [5.41, 5.74) is 2.03. The second-order valence-corrected chi connectivity index (χ2v) is 5.35. The van der Waals surface area contributed by atoms with Crippen molar-refractivity contribution in [3.63, 3.8) is 0 Å². The lowest BCUT2D eigenvalue weighted by molar-refractivity contribution is 0.0935. The van der Waals surface area contributed by atoms with Gasteiger partial charge in [-0.3, -0.25) is 4.79 Å². The van der Waals surface area contributed by atoms with E-state index in [9.17, 15) is 9.90 Å². The van der Waals surface area contributed by atoms with Crippen LogP contribution in [0.4, 0.5) is 5.69 Å². The number of nitrogens with one attached hydrogen (secondary N) is 2. The molecular formula is C18H14N2O2. The summed E-state index contributed by atoms with van der Waals surface area (Å²) < 4.78 is 0. The number of para-hydroxylation sites is 1. The van der Waals surface area contributed by atoms with Crippen LogP contribution >= 0.6 is 0 Å². The van der Waals surface area contributed by atoms with E-state index in [0.29, 0.717) is 11.1 Å². The van der Waals surface area contributed by atoms with E-state index in [-0.39, 0.29) is 11.7 Å². The van der Waals surface area contributed by atoms with Crippen LogP contribution in [0.1, 0.15) is 22.1 Å². The molecule has 4 rings (SSSR count). The quantitative estimate of drug-likeness (QED) is 0.643. The zero-order valence-electron chi connectivity index (χ0n) is 11.7. The van der Waals surface area contributed by atoms with Gasteiger partial charge in [0.15, 0.2) is 0 Å². The van der Waals surface area contributed by atoms with Crippen molar-refractivity contribution in [2.75, 3.05) is 5.32 Å². The van der Waals surface area contributed by atoms with Crippen LogP contribution in [0.25, 0.3) is 10.8 Å². The highest BCUT2D eigenvalue weighted by Gasteiger charge is 2.26. The largest absolute Gasteiger partial charge is 0.507 e. The number of anilines is 1. The number of phenolic OH excluding ortho intramolecular Hbond substituents is 1. The summed E-state index contributed by atoms with van der Waals surface area (Å²) in [7, 11) is 0. The molecular weight excluding hydrogens is 276 g/mol. The zero-order valence-corrected chi connectivity index (χ0v) is 11.7. The lowest BCUT2D eigenvalue weighted by atomic mass is 10.0. The van der Waals surface area contributed by atoms with Crippen molar-refractivity contribution in [2.24, 2.45) is 0 Å². The summed E-state index contributed by atoms with van der Waals surface area (Å²) in [5.74, 6) is 0.0165. The monoisotopic (exact) mass is 290 g/mol. The van der Waals surface area contributed by atoms with Gasteiger partial charge in [-0.1, -0.05) is 36.4 Å². The molecule has 3 aromatic carbocycles. The molecule has 4 nitrogen and oxygen atoms in total. The molecule has 3 aromatic rings. The Kier molecular flexibility index (Phi) is 2.76. The zero-order chi connectivity index (χ0) is 15.1. The second-order valence-electron chi connectivity index (χ2n) is 5.35. The lowest BCUT2D eigenvalue weighted by Crippen LogP contribution is -2.38. The molecule has 0 saturated heterocycles. The molecule has 1 aliphatic heterocycles. The molecule has 0 saturated carbocycles. The molecule has 1 amide bonds. The van der Waals surface area contributed by atoms with Crippen molar-refractivity contribution in [1.82, 2.24) is 5.32 Å². The summed E-state index contributed by atoms with van der Waals surface area (Å²) in [4.78, 5) is 12.2. The lowest BCUT2D eigenvalue weighted by Gasteiger charge is -2.28. The van der Waals surface area contributed by atoms with Crippen molar-refractivity contribution in [2.45, 2.75) is 6.17 Å². The first-order chi connectivity index (χ1) is 10.7. The highest BCUT2D eigenvalue weighted by molar-refractivity contribution is 6.01. The van der Waals surface area contributed by atoms with E-state index in [4.69, 9.17) is 0 Å². The van der Waals surface area contributed by atoms with Gasteiger partial charge in [0.25, 0.3) is 5.91 Å². The minimum atomic E-state index is -0.452. The molecule has 0 spiro atoms. The van der Waals surface area contributed by atoms with E-state index in [2.05, 4.69) is 10.6 Å². The fraction of sp³-hybridized carbons (Fsp3) is 0.0556. The number of carbonyl (C=O) groups is 1. The predicted octanol–water partition coefficient (Wildman–Crippen LogP) is 3.40. The molecule has 1 aliphatic rings. The Balaban J connectivity index is 1.80. The van der Waals surface area contributed by atoms with Crippen molar-refractivity contribution in [3.8, 4) is 5.75 Å². The minimum absolute atomic E-state index is 0.146. The van der Waals surface area contributed by atoms with Crippen LogP contribution in [0.3, 0.4) is 0 Å². The molecule has 1 heterocycles. The first-order valence-electron chi connectivity index (χ1n) is 7.10. The van der Waals surface area contributed by atoms with E-state index in [0.717, 1.165) is 16.5 Å². The number of hydrogen-bond donors (Lipinski definition) is 3. The van der Waals surface area contributed by atoms with Gasteiger partial charge in [-0.25, -0.2) is 0 Å². The fourth-order valence-electron chi connectivity index (χ4n) is 2.84. The number of benzene rings is 3. The Morgan fingerprint density at radius 1 is 0.864 bits per heavy atom. The summed E-state index contributed by atoms with van der Waals surface area (Å²) >= 11 is 0. The Bertz CT molecular complexity index is 889. The van der Waals surface area contributed by atoms with Gasteiger partial charge in [0.2, 0.25) is 0 Å². The van der Waals surface area contributed by atoms with Gasteiger partial charge < -0.3 is 15.7 Å². The smallest absolute Gasteiger partial charge is 0.255 e. The van der Waals surface area contributed by atoms with Gasteiger partial charge in [0.05, 0.1) is 5.56 Å². The molecule has 0 fully saturated rings. The summed E-state index contributed by atoms with van der Waals surface area (Å²) in [6.07, 6.45) is -0.452. The first-order valence-corrected chi connectivity index (χ1v) is 7.10. The molecule has 0 bridgehead atoms. The minimum Gasteiger partial charge on any atom is -0.507 e. The van der Waals surface area contributed by atoms with Crippen LogP contribution in [0.2, 0.25) is 0 Å². The third-order valence-corrected chi connectivity index (χ3v) is 3.95. The standard InChI is InChI=1S/C18H14N2O2/c21-16-10-12-6-2-1-5-11(12)9-14(16)17-19-15-8-4-3-7-13(15)18(22)20-17/h1-10,17,19,21H,(H,20,22). The molecule has 0 aliphatic carbocycles. The van der Waals surface area contributed by atoms with Crippen LogP contribution in [-0.2, 0) is 0 Å². The number of phenols is 1. The Hall–Kier alpha value is -3.01. The van der Waals surface area contributed by atoms with E-state index in [1.165, 1.54) is 0 Å². The van der Waals surface area contributed by atoms with Crippen LogP contribution in [0.15, 0.2) is 60.7 Å². The predicted molar refractivity (Wildman–Crippen MR) is 85.9 cm³/mol. The van der Waals surface area contributed by atoms with Crippen molar-refractivity contribution in [3.05, 3.63) is 71.8 Å². The van der Waals surface area contributed by atoms with E-state index >= 15 is 0 Å². The SMILES string of the molecule is O=C1NC(c2cc3ccccc3cc2O)Nc2ccccc21. The Labute approximate surface area is 127 Å². The molecule has 108 valence electrons. The second kappa shape index (κ2) is 4.77. The molecule has 0 aromatic heterocycles. The molecule has 3 N–H and O–H groups in total. The normalized spacial score (nSPS) is 16.7. The van der Waals surface area contributed by atoms with E-state index < -0.39 is 6.17 Å². The van der Waals surface area contributed by atoms with Gasteiger partial charge in [0.1, 0.15) is 11.9 Å². The average molecular weight is 290 g/mol. The van der Waals surface area contributed by atoms with Crippen molar-refractivity contribution in [1.29, 1.82) is 0 Å². The van der Waals surface area contributed by atoms with Crippen LogP contribution < -0.4 is 10.6 Å². The Morgan fingerprint density at radius 3 is 2.36 bits per heavy atom. The number of rotatable bonds is 1. The number of fused-ring (bicyclic) bond motifs is 2. The maximum absolute atomic E-state index is 12.2. The number of carbonyl (C=O) groups excluding carboxylic acids is 1. The Morgan fingerprint density at radius 2 is 1.55 bits per heavy atom. The molecule has 4 heteroatoms. The van der Waals surface area contributed by atoms with Gasteiger partial charge in [-0.05, 0) is 35.0 Å². The highest BCUT2D eigenvalue weighted by atomic mass is 16.3. The maximum Gasteiger partial charge on any atom is 0.255 e. The maximum atomic E-state index is 12.2. The first kappa shape index (κ1) is 12.7. The highest BCUT2D eigenvalue weighted by Crippen LogP contribution is 2.33. The molecule has 22 heavy (non-hydrogen) atoms. The molecule has 1 unspecified atom stereocenters.